The predicted molar refractivity (Wildman–Crippen MR) is 60.7 cm³/mol. The molecule has 17 heavy (non-hydrogen) atoms. The number of likely N-dealkylation sites (tertiary alicyclic amines) is 1. The minimum Gasteiger partial charge on any atom is -0.338 e. The van der Waals surface area contributed by atoms with Gasteiger partial charge in [-0.1, -0.05) is 18.2 Å². The van der Waals surface area contributed by atoms with Gasteiger partial charge in [-0.3, -0.25) is 4.79 Å². The van der Waals surface area contributed by atoms with Crippen LogP contribution in [0.4, 0.5) is 3.89 Å². The molecule has 1 aromatic rings. The van der Waals surface area contributed by atoms with Gasteiger partial charge >= 0.3 is 10.2 Å². The van der Waals surface area contributed by atoms with Crippen molar-refractivity contribution in [2.45, 2.75) is 0 Å². The van der Waals surface area contributed by atoms with Crippen LogP contribution in [0.3, 0.4) is 0 Å². The van der Waals surface area contributed by atoms with Crippen LogP contribution >= 0.6 is 0 Å². The average Bonchev–Trinajstić information content (AvgIpc) is 2.22. The van der Waals surface area contributed by atoms with Gasteiger partial charge < -0.3 is 4.90 Å². The molecule has 92 valence electrons. The molecule has 1 amide bonds. The molecule has 0 aromatic heterocycles. The van der Waals surface area contributed by atoms with Gasteiger partial charge in [0.15, 0.2) is 0 Å². The molecule has 0 aliphatic carbocycles. The highest BCUT2D eigenvalue weighted by atomic mass is 32.3. The standard InChI is InChI=1S/C11H12FNO3S/c12-17(15,16)8-9-6-13(7-9)11(14)10-4-2-1-3-5-10/h1-5,9H,6-8H2. The van der Waals surface area contributed by atoms with Crippen molar-refractivity contribution >= 4 is 16.1 Å². The summed E-state index contributed by atoms with van der Waals surface area (Å²) in [6, 6.07) is 8.72. The van der Waals surface area contributed by atoms with E-state index in [9.17, 15) is 17.1 Å². The third-order valence-electron chi connectivity index (χ3n) is 2.70. The van der Waals surface area contributed by atoms with E-state index in [4.69, 9.17) is 0 Å². The van der Waals surface area contributed by atoms with Crippen molar-refractivity contribution in [1.82, 2.24) is 4.90 Å². The Morgan fingerprint density at radius 2 is 1.88 bits per heavy atom. The van der Waals surface area contributed by atoms with Crippen LogP contribution in [0.25, 0.3) is 0 Å². The maximum atomic E-state index is 12.4. The highest BCUT2D eigenvalue weighted by molar-refractivity contribution is 7.86. The number of hydrogen-bond acceptors (Lipinski definition) is 3. The van der Waals surface area contributed by atoms with Crippen molar-refractivity contribution in [2.75, 3.05) is 18.8 Å². The highest BCUT2D eigenvalue weighted by Gasteiger charge is 2.34. The molecule has 0 bridgehead atoms. The molecule has 0 unspecified atom stereocenters. The largest absolute Gasteiger partial charge is 0.338 e. The second kappa shape index (κ2) is 4.44. The molecule has 0 saturated carbocycles. The number of amides is 1. The van der Waals surface area contributed by atoms with Gasteiger partial charge in [-0.2, -0.15) is 8.42 Å². The zero-order chi connectivity index (χ0) is 12.5. The monoisotopic (exact) mass is 257 g/mol. The molecule has 1 aliphatic rings. The lowest BCUT2D eigenvalue weighted by atomic mass is 10.0. The van der Waals surface area contributed by atoms with Crippen molar-refractivity contribution in [3.63, 3.8) is 0 Å². The molecule has 2 rings (SSSR count). The predicted octanol–water partition coefficient (Wildman–Crippen LogP) is 1.06. The maximum Gasteiger partial charge on any atom is 0.302 e. The number of carbonyl (C=O) groups excluding carboxylic acids is 1. The Hall–Kier alpha value is -1.43. The Morgan fingerprint density at radius 3 is 2.41 bits per heavy atom. The SMILES string of the molecule is O=C(c1ccccc1)N1CC(CS(=O)(=O)F)C1. The van der Waals surface area contributed by atoms with E-state index in [0.717, 1.165) is 0 Å². The van der Waals surface area contributed by atoms with E-state index in [1.807, 2.05) is 6.07 Å². The number of benzene rings is 1. The molecule has 1 aliphatic heterocycles. The van der Waals surface area contributed by atoms with Gasteiger partial charge in [0.05, 0.1) is 5.75 Å². The summed E-state index contributed by atoms with van der Waals surface area (Å²) in [4.78, 5) is 13.3. The lowest BCUT2D eigenvalue weighted by Gasteiger charge is -2.38. The zero-order valence-electron chi connectivity index (χ0n) is 9.04. The summed E-state index contributed by atoms with van der Waals surface area (Å²) >= 11 is 0. The van der Waals surface area contributed by atoms with Crippen LogP contribution in [-0.2, 0) is 10.2 Å². The van der Waals surface area contributed by atoms with Gasteiger partial charge in [0.2, 0.25) is 0 Å². The van der Waals surface area contributed by atoms with Crippen LogP contribution in [0.5, 0.6) is 0 Å². The second-order valence-electron chi connectivity index (χ2n) is 4.15. The van der Waals surface area contributed by atoms with E-state index in [0.29, 0.717) is 18.7 Å². The van der Waals surface area contributed by atoms with Crippen LogP contribution in [0.1, 0.15) is 10.4 Å². The molecule has 1 aromatic carbocycles. The Kier molecular flexibility index (Phi) is 3.15. The summed E-state index contributed by atoms with van der Waals surface area (Å²) in [5.74, 6) is -0.915. The molecule has 0 N–H and O–H groups in total. The van der Waals surface area contributed by atoms with Crippen LogP contribution < -0.4 is 0 Å². The lowest BCUT2D eigenvalue weighted by Crippen LogP contribution is -2.52. The normalized spacial score (nSPS) is 16.6. The fraction of sp³-hybridized carbons (Fsp3) is 0.364. The first-order chi connectivity index (χ1) is 7.96. The molecule has 0 spiro atoms. The van der Waals surface area contributed by atoms with Crippen molar-refractivity contribution in [2.24, 2.45) is 5.92 Å². The van der Waals surface area contributed by atoms with Crippen molar-refractivity contribution in [3.05, 3.63) is 35.9 Å². The summed E-state index contributed by atoms with van der Waals surface area (Å²) in [6.45, 7) is 0.605. The van der Waals surface area contributed by atoms with Gasteiger partial charge in [0, 0.05) is 24.6 Å². The minimum absolute atomic E-state index is 0.141. The van der Waals surface area contributed by atoms with Gasteiger partial charge in [0.25, 0.3) is 5.91 Å². The number of carbonyl (C=O) groups is 1. The van der Waals surface area contributed by atoms with E-state index < -0.39 is 16.0 Å². The summed E-state index contributed by atoms with van der Waals surface area (Å²) in [5.41, 5.74) is 0.564. The summed E-state index contributed by atoms with van der Waals surface area (Å²) in [6.07, 6.45) is 0. The fourth-order valence-corrected chi connectivity index (χ4v) is 2.66. The Bertz CT molecular complexity index is 509. The highest BCUT2D eigenvalue weighted by Crippen LogP contribution is 2.20. The topological polar surface area (TPSA) is 54.5 Å². The first-order valence-corrected chi connectivity index (χ1v) is 6.77. The van der Waals surface area contributed by atoms with Crippen LogP contribution in [0, 0.1) is 5.92 Å². The molecule has 4 nitrogen and oxygen atoms in total. The zero-order valence-corrected chi connectivity index (χ0v) is 9.86. The lowest BCUT2D eigenvalue weighted by molar-refractivity contribution is 0.0533. The van der Waals surface area contributed by atoms with Gasteiger partial charge in [-0.05, 0) is 12.1 Å². The summed E-state index contributed by atoms with van der Waals surface area (Å²) in [5, 5.41) is 0. The van der Waals surface area contributed by atoms with E-state index >= 15 is 0 Å². The van der Waals surface area contributed by atoms with E-state index in [1.165, 1.54) is 4.90 Å². The molecule has 0 radical (unpaired) electrons. The minimum atomic E-state index is -4.44. The number of nitrogens with zero attached hydrogens (tertiary/aromatic N) is 1. The van der Waals surface area contributed by atoms with Gasteiger partial charge in [0.1, 0.15) is 0 Å². The number of rotatable bonds is 3. The van der Waals surface area contributed by atoms with Crippen LogP contribution in [0.2, 0.25) is 0 Å². The molecule has 1 fully saturated rings. The van der Waals surface area contributed by atoms with Crippen molar-refractivity contribution in [1.29, 1.82) is 0 Å². The molecule has 1 saturated heterocycles. The molecule has 0 atom stereocenters. The third kappa shape index (κ3) is 3.03. The molecule has 6 heteroatoms. The summed E-state index contributed by atoms with van der Waals surface area (Å²) in [7, 11) is -4.44. The third-order valence-corrected chi connectivity index (χ3v) is 3.57. The Labute approximate surface area is 99.3 Å². The molecular weight excluding hydrogens is 245 g/mol. The van der Waals surface area contributed by atoms with Crippen molar-refractivity contribution in [3.8, 4) is 0 Å². The summed E-state index contributed by atoms with van der Waals surface area (Å²) < 4.78 is 33.2. The van der Waals surface area contributed by atoms with Crippen molar-refractivity contribution < 1.29 is 17.1 Å². The first-order valence-electron chi connectivity index (χ1n) is 5.22. The average molecular weight is 257 g/mol. The number of hydrogen-bond donors (Lipinski definition) is 0. The van der Waals surface area contributed by atoms with Crippen LogP contribution in [-0.4, -0.2) is 38.1 Å². The number of halogens is 1. The first kappa shape index (κ1) is 12.0. The van der Waals surface area contributed by atoms with E-state index in [1.54, 1.807) is 24.3 Å². The second-order valence-corrected chi connectivity index (χ2v) is 5.56. The fourth-order valence-electron chi connectivity index (χ4n) is 1.89. The smallest absolute Gasteiger partial charge is 0.302 e. The van der Waals surface area contributed by atoms with Gasteiger partial charge in [-0.25, -0.2) is 0 Å². The molecular formula is C11H12FNO3S. The van der Waals surface area contributed by atoms with Gasteiger partial charge in [-0.15, -0.1) is 3.89 Å². The Morgan fingerprint density at radius 1 is 1.29 bits per heavy atom. The quantitative estimate of drug-likeness (QED) is 0.761. The van der Waals surface area contributed by atoms with E-state index in [-0.39, 0.29) is 11.8 Å². The molecule has 1 heterocycles. The Balaban J connectivity index is 1.90. The maximum absolute atomic E-state index is 12.4. The van der Waals surface area contributed by atoms with E-state index in [2.05, 4.69) is 0 Å². The van der Waals surface area contributed by atoms with Crippen LogP contribution in [0.15, 0.2) is 30.3 Å².